The first kappa shape index (κ1) is 15.6. The predicted molar refractivity (Wildman–Crippen MR) is 82.6 cm³/mol. The number of hydrogen-bond acceptors (Lipinski definition) is 7. The van der Waals surface area contributed by atoms with Crippen LogP contribution in [0.15, 0.2) is 6.20 Å². The number of aliphatic hydroxyl groups is 1. The first-order valence-corrected chi connectivity index (χ1v) is 7.70. The second kappa shape index (κ2) is 6.30. The molecule has 0 aliphatic heterocycles. The zero-order valence-corrected chi connectivity index (χ0v) is 13.4. The van der Waals surface area contributed by atoms with Crippen LogP contribution < -0.4 is 5.32 Å². The molecule has 0 atom stereocenters. The number of aromatic nitrogens is 3. The molecule has 0 fully saturated rings. The number of nitrogens with zero attached hydrogens (tertiary/aromatic N) is 3. The fourth-order valence-corrected chi connectivity index (χ4v) is 2.96. The van der Waals surface area contributed by atoms with E-state index in [-0.39, 0.29) is 17.9 Å². The maximum Gasteiger partial charge on any atom is 0.271 e. The fraction of sp³-hybridized carbons (Fsp3) is 0.385. The van der Waals surface area contributed by atoms with Crippen molar-refractivity contribution in [3.05, 3.63) is 21.6 Å². The summed E-state index contributed by atoms with van der Waals surface area (Å²) in [6.07, 6.45) is 1.55. The third-order valence-corrected chi connectivity index (χ3v) is 3.97. The highest BCUT2D eigenvalue weighted by Gasteiger charge is 2.26. The van der Waals surface area contributed by atoms with E-state index in [1.807, 2.05) is 20.8 Å². The van der Waals surface area contributed by atoms with E-state index >= 15 is 0 Å². The third kappa shape index (κ3) is 3.85. The summed E-state index contributed by atoms with van der Waals surface area (Å²) in [6, 6.07) is 0. The molecule has 0 aromatic carbocycles. The van der Waals surface area contributed by atoms with Gasteiger partial charge in [-0.1, -0.05) is 48.4 Å². The van der Waals surface area contributed by atoms with Gasteiger partial charge in [0.15, 0.2) is 5.13 Å². The van der Waals surface area contributed by atoms with E-state index in [4.69, 9.17) is 5.11 Å². The Balaban J connectivity index is 2.15. The molecule has 2 aromatic rings. The number of carbonyl (C=O) groups is 1. The summed E-state index contributed by atoms with van der Waals surface area (Å²) in [7, 11) is 0. The van der Waals surface area contributed by atoms with E-state index in [1.54, 1.807) is 6.20 Å². The molecule has 0 spiro atoms. The van der Waals surface area contributed by atoms with Crippen LogP contribution in [0.25, 0.3) is 0 Å². The fourth-order valence-electron chi connectivity index (χ4n) is 1.50. The highest BCUT2D eigenvalue weighted by molar-refractivity contribution is 7.16. The molecule has 2 heterocycles. The lowest BCUT2D eigenvalue weighted by Gasteiger charge is -2.15. The minimum Gasteiger partial charge on any atom is -0.384 e. The van der Waals surface area contributed by atoms with Crippen molar-refractivity contribution < 1.29 is 9.90 Å². The number of hydrogen-bond donors (Lipinski definition) is 2. The molecular formula is C13H14N4O2S2. The van der Waals surface area contributed by atoms with Crippen molar-refractivity contribution in [3.63, 3.8) is 0 Å². The lowest BCUT2D eigenvalue weighted by molar-refractivity contribution is 0.102. The second-order valence-electron chi connectivity index (χ2n) is 5.14. The predicted octanol–water partition coefficient (Wildman–Crippen LogP) is 1.89. The Labute approximate surface area is 130 Å². The Bertz CT molecular complexity index is 704. The Morgan fingerprint density at radius 1 is 1.48 bits per heavy atom. The van der Waals surface area contributed by atoms with Crippen molar-refractivity contribution in [2.24, 2.45) is 0 Å². The molecule has 0 aliphatic carbocycles. The number of anilines is 1. The van der Waals surface area contributed by atoms with Crippen LogP contribution in [0.5, 0.6) is 0 Å². The lowest BCUT2D eigenvalue weighted by Crippen LogP contribution is -2.19. The van der Waals surface area contributed by atoms with Crippen molar-refractivity contribution in [2.75, 3.05) is 11.9 Å². The van der Waals surface area contributed by atoms with Gasteiger partial charge in [-0.3, -0.25) is 10.1 Å². The molecule has 0 aliphatic rings. The van der Waals surface area contributed by atoms with Crippen LogP contribution in [0, 0.1) is 11.8 Å². The molecule has 2 rings (SSSR count). The van der Waals surface area contributed by atoms with Gasteiger partial charge in [0.2, 0.25) is 0 Å². The van der Waals surface area contributed by atoms with Crippen LogP contribution in [0.2, 0.25) is 0 Å². The lowest BCUT2D eigenvalue weighted by atomic mass is 9.91. The molecule has 0 unspecified atom stereocenters. The summed E-state index contributed by atoms with van der Waals surface area (Å²) in [5.74, 6) is 5.00. The highest BCUT2D eigenvalue weighted by atomic mass is 32.1. The van der Waals surface area contributed by atoms with Crippen LogP contribution in [-0.4, -0.2) is 32.2 Å². The molecular weight excluding hydrogens is 308 g/mol. The Morgan fingerprint density at radius 3 is 2.90 bits per heavy atom. The molecule has 110 valence electrons. The standard InChI is InChI=1S/C13H14N4O2S2/c1-13(2,3)10-9(21-17-16-10)11(19)15-12-14-7-8(20-12)5-4-6-18/h7,18H,6H2,1-3H3,(H,14,15,19). The zero-order chi connectivity index (χ0) is 15.5. The number of rotatable bonds is 2. The van der Waals surface area contributed by atoms with Crippen molar-refractivity contribution in [1.82, 2.24) is 14.6 Å². The molecule has 0 radical (unpaired) electrons. The molecule has 0 saturated carbocycles. The van der Waals surface area contributed by atoms with Crippen LogP contribution >= 0.6 is 22.9 Å². The minimum atomic E-state index is -0.272. The van der Waals surface area contributed by atoms with Gasteiger partial charge in [0.25, 0.3) is 5.91 Å². The van der Waals surface area contributed by atoms with E-state index in [0.29, 0.717) is 20.6 Å². The minimum absolute atomic E-state index is 0.207. The Hall–Kier alpha value is -1.82. The van der Waals surface area contributed by atoms with Gasteiger partial charge in [-0.05, 0) is 11.5 Å². The summed E-state index contributed by atoms with van der Waals surface area (Å²) in [5, 5.41) is 15.9. The maximum atomic E-state index is 12.3. The summed E-state index contributed by atoms with van der Waals surface area (Å²) in [5.41, 5.74) is 0.419. The molecule has 1 amide bonds. The number of aliphatic hydroxyl groups excluding tert-OH is 1. The van der Waals surface area contributed by atoms with Crippen LogP contribution in [-0.2, 0) is 5.41 Å². The number of amides is 1. The molecule has 21 heavy (non-hydrogen) atoms. The monoisotopic (exact) mass is 322 g/mol. The summed E-state index contributed by atoms with van der Waals surface area (Å²) < 4.78 is 3.86. The number of nitrogens with one attached hydrogen (secondary N) is 1. The molecule has 2 aromatic heterocycles. The van der Waals surface area contributed by atoms with Gasteiger partial charge in [0.1, 0.15) is 11.5 Å². The van der Waals surface area contributed by atoms with E-state index in [9.17, 15) is 4.79 Å². The highest BCUT2D eigenvalue weighted by Crippen LogP contribution is 2.27. The van der Waals surface area contributed by atoms with Crippen molar-refractivity contribution >= 4 is 33.9 Å². The zero-order valence-electron chi connectivity index (χ0n) is 11.8. The average Bonchev–Trinajstić information content (AvgIpc) is 3.04. The van der Waals surface area contributed by atoms with Crippen molar-refractivity contribution in [2.45, 2.75) is 26.2 Å². The molecule has 8 heteroatoms. The maximum absolute atomic E-state index is 12.3. The van der Waals surface area contributed by atoms with E-state index in [0.717, 1.165) is 11.5 Å². The van der Waals surface area contributed by atoms with Crippen LogP contribution in [0.3, 0.4) is 0 Å². The molecule has 2 N–H and O–H groups in total. The van der Waals surface area contributed by atoms with E-state index in [1.165, 1.54) is 11.3 Å². The van der Waals surface area contributed by atoms with E-state index < -0.39 is 0 Å². The largest absolute Gasteiger partial charge is 0.384 e. The summed E-state index contributed by atoms with van der Waals surface area (Å²) >= 11 is 2.31. The van der Waals surface area contributed by atoms with Gasteiger partial charge in [0, 0.05) is 5.41 Å². The smallest absolute Gasteiger partial charge is 0.271 e. The Morgan fingerprint density at radius 2 is 2.24 bits per heavy atom. The quantitative estimate of drug-likeness (QED) is 0.824. The van der Waals surface area contributed by atoms with Crippen molar-refractivity contribution in [1.29, 1.82) is 0 Å². The van der Waals surface area contributed by atoms with Gasteiger partial charge in [0.05, 0.1) is 16.8 Å². The van der Waals surface area contributed by atoms with Gasteiger partial charge in [-0.25, -0.2) is 4.98 Å². The van der Waals surface area contributed by atoms with Gasteiger partial charge in [-0.15, -0.1) is 5.10 Å². The SMILES string of the molecule is CC(C)(C)c1nnsc1C(=O)Nc1ncc(C#CCO)s1. The van der Waals surface area contributed by atoms with Gasteiger partial charge >= 0.3 is 0 Å². The van der Waals surface area contributed by atoms with Crippen molar-refractivity contribution in [3.8, 4) is 11.8 Å². The first-order chi connectivity index (χ1) is 9.91. The average molecular weight is 322 g/mol. The number of thiazole rings is 1. The van der Waals surface area contributed by atoms with E-state index in [2.05, 4.69) is 31.7 Å². The third-order valence-electron chi connectivity index (χ3n) is 2.42. The van der Waals surface area contributed by atoms with Gasteiger partial charge in [-0.2, -0.15) is 0 Å². The Kier molecular flexibility index (Phi) is 4.67. The van der Waals surface area contributed by atoms with Crippen LogP contribution in [0.4, 0.5) is 5.13 Å². The molecule has 6 nitrogen and oxygen atoms in total. The normalized spacial score (nSPS) is 10.9. The number of carbonyl (C=O) groups excluding carboxylic acids is 1. The molecule has 0 bridgehead atoms. The first-order valence-electron chi connectivity index (χ1n) is 6.11. The topological polar surface area (TPSA) is 88.0 Å². The molecule has 0 saturated heterocycles. The van der Waals surface area contributed by atoms with Gasteiger partial charge < -0.3 is 5.11 Å². The summed E-state index contributed by atoms with van der Waals surface area (Å²) in [4.78, 5) is 17.5. The van der Waals surface area contributed by atoms with Crippen LogP contribution in [0.1, 0.15) is 41.0 Å². The second-order valence-corrected chi connectivity index (χ2v) is 6.93. The summed E-state index contributed by atoms with van der Waals surface area (Å²) in [6.45, 7) is 5.73.